The highest BCUT2D eigenvalue weighted by Crippen LogP contribution is 2.27. The van der Waals surface area contributed by atoms with Crippen molar-refractivity contribution in [3.8, 4) is 17.1 Å². The monoisotopic (exact) mass is 322 g/mol. The Bertz CT molecular complexity index is 877. The molecule has 1 aliphatic heterocycles. The van der Waals surface area contributed by atoms with Gasteiger partial charge in [0.25, 0.3) is 5.91 Å². The zero-order valence-corrected chi connectivity index (χ0v) is 12.6. The Morgan fingerprint density at radius 2 is 2.21 bits per heavy atom. The second-order valence-corrected chi connectivity index (χ2v) is 5.17. The lowest BCUT2D eigenvalue weighted by molar-refractivity contribution is 0.102. The van der Waals surface area contributed by atoms with Crippen molar-refractivity contribution < 1.29 is 9.53 Å². The second-order valence-electron chi connectivity index (χ2n) is 5.17. The summed E-state index contributed by atoms with van der Waals surface area (Å²) in [4.78, 5) is 21.0. The highest BCUT2D eigenvalue weighted by Gasteiger charge is 2.17. The van der Waals surface area contributed by atoms with Gasteiger partial charge in [-0.15, -0.1) is 0 Å². The van der Waals surface area contributed by atoms with Crippen molar-refractivity contribution in [1.29, 1.82) is 0 Å². The molecule has 1 amide bonds. The Labute approximate surface area is 137 Å². The van der Waals surface area contributed by atoms with Gasteiger partial charge in [-0.05, 0) is 18.2 Å². The number of carbonyl (C=O) groups is 1. The third-order valence-electron chi connectivity index (χ3n) is 3.58. The van der Waals surface area contributed by atoms with E-state index in [1.54, 1.807) is 18.5 Å². The quantitative estimate of drug-likeness (QED) is 0.680. The van der Waals surface area contributed by atoms with Crippen LogP contribution in [0.2, 0.25) is 0 Å². The number of H-pyrrole nitrogens is 1. The minimum Gasteiger partial charge on any atom is -0.488 e. The van der Waals surface area contributed by atoms with E-state index in [9.17, 15) is 4.79 Å². The summed E-state index contributed by atoms with van der Waals surface area (Å²) in [6, 6.07) is 7.20. The summed E-state index contributed by atoms with van der Waals surface area (Å²) in [6.45, 7) is 1.25. The van der Waals surface area contributed by atoms with Crippen LogP contribution in [0.3, 0.4) is 0 Å². The van der Waals surface area contributed by atoms with E-state index >= 15 is 0 Å². The van der Waals surface area contributed by atoms with Crippen LogP contribution in [0, 0.1) is 0 Å². The molecular weight excluding hydrogens is 308 g/mol. The van der Waals surface area contributed by atoms with Crippen LogP contribution in [0.4, 0.5) is 11.5 Å². The smallest absolute Gasteiger partial charge is 0.257 e. The third-order valence-corrected chi connectivity index (χ3v) is 3.58. The zero-order valence-electron chi connectivity index (χ0n) is 12.6. The first-order valence-corrected chi connectivity index (χ1v) is 7.44. The number of hydrogen-bond acceptors (Lipinski definition) is 6. The fourth-order valence-electron chi connectivity index (χ4n) is 2.42. The van der Waals surface area contributed by atoms with Gasteiger partial charge >= 0.3 is 0 Å². The van der Waals surface area contributed by atoms with Gasteiger partial charge in [-0.25, -0.2) is 4.98 Å². The largest absolute Gasteiger partial charge is 0.488 e. The number of aromatic nitrogens is 4. The first kappa shape index (κ1) is 14.2. The number of anilines is 2. The molecule has 0 fully saturated rings. The maximum Gasteiger partial charge on any atom is 0.257 e. The third kappa shape index (κ3) is 2.65. The summed E-state index contributed by atoms with van der Waals surface area (Å²) >= 11 is 0. The van der Waals surface area contributed by atoms with Crippen molar-refractivity contribution in [3.63, 3.8) is 0 Å². The first-order valence-electron chi connectivity index (χ1n) is 7.44. The highest BCUT2D eigenvalue weighted by molar-refractivity contribution is 6.06. The maximum atomic E-state index is 12.5. The van der Waals surface area contributed by atoms with E-state index in [1.165, 1.54) is 6.20 Å². The summed E-state index contributed by atoms with van der Waals surface area (Å²) in [5.41, 5.74) is 2.30. The van der Waals surface area contributed by atoms with Gasteiger partial charge in [-0.2, -0.15) is 5.10 Å². The summed E-state index contributed by atoms with van der Waals surface area (Å²) in [5.74, 6) is 0.930. The lowest BCUT2D eigenvalue weighted by Gasteiger charge is -2.18. The van der Waals surface area contributed by atoms with E-state index in [0.29, 0.717) is 47.4 Å². The summed E-state index contributed by atoms with van der Waals surface area (Å²) in [5, 5.41) is 12.8. The van der Waals surface area contributed by atoms with Gasteiger partial charge in [0.2, 0.25) is 0 Å². The molecule has 0 atom stereocenters. The summed E-state index contributed by atoms with van der Waals surface area (Å²) in [7, 11) is 0. The summed E-state index contributed by atoms with van der Waals surface area (Å²) < 4.78 is 5.51. The number of nitrogens with zero attached hydrogens (tertiary/aromatic N) is 3. The fourth-order valence-corrected chi connectivity index (χ4v) is 2.42. The lowest BCUT2D eigenvalue weighted by Crippen LogP contribution is -2.20. The molecule has 0 aliphatic carbocycles. The first-order chi connectivity index (χ1) is 11.8. The Morgan fingerprint density at radius 1 is 1.25 bits per heavy atom. The van der Waals surface area contributed by atoms with Crippen LogP contribution >= 0.6 is 0 Å². The number of aromatic amines is 1. The Morgan fingerprint density at radius 3 is 3.08 bits per heavy atom. The van der Waals surface area contributed by atoms with Crippen LogP contribution in [-0.4, -0.2) is 39.2 Å². The Hall–Kier alpha value is -3.42. The van der Waals surface area contributed by atoms with Crippen molar-refractivity contribution in [3.05, 3.63) is 48.4 Å². The minimum absolute atomic E-state index is 0.293. The topological polar surface area (TPSA) is 105 Å². The number of ether oxygens (including phenoxy) is 1. The predicted octanol–water partition coefficient (Wildman–Crippen LogP) is 1.92. The summed E-state index contributed by atoms with van der Waals surface area (Å²) in [6.07, 6.45) is 4.74. The molecule has 8 nitrogen and oxygen atoms in total. The van der Waals surface area contributed by atoms with Crippen molar-refractivity contribution in [2.45, 2.75) is 0 Å². The number of rotatable bonds is 3. The van der Waals surface area contributed by atoms with Gasteiger partial charge in [-0.1, -0.05) is 6.07 Å². The standard InChI is InChI=1S/C16H14N6O2/c23-16(10-7-13-15(19-8-10)18-5-6-24-13)21-12-9-20-22-14(12)11-3-1-2-4-17-11/h1-4,7-9H,5-6H2,(H,18,19)(H,20,22)(H,21,23). The molecule has 0 radical (unpaired) electrons. The molecule has 1 aliphatic rings. The van der Waals surface area contributed by atoms with Crippen LogP contribution in [0.25, 0.3) is 11.4 Å². The molecule has 0 bridgehead atoms. The normalized spacial score (nSPS) is 12.7. The molecular formula is C16H14N6O2. The number of hydrogen-bond donors (Lipinski definition) is 3. The molecule has 4 rings (SSSR count). The molecule has 24 heavy (non-hydrogen) atoms. The second kappa shape index (κ2) is 5.99. The van der Waals surface area contributed by atoms with E-state index in [1.807, 2.05) is 18.2 Å². The number of pyridine rings is 2. The molecule has 120 valence electrons. The van der Waals surface area contributed by atoms with Crippen LogP contribution in [0.15, 0.2) is 42.9 Å². The molecule has 3 N–H and O–H groups in total. The van der Waals surface area contributed by atoms with Crippen molar-refractivity contribution in [2.75, 3.05) is 23.8 Å². The molecule has 0 saturated carbocycles. The van der Waals surface area contributed by atoms with Crippen LogP contribution < -0.4 is 15.4 Å². The molecule has 0 spiro atoms. The Kier molecular flexibility index (Phi) is 3.54. The molecule has 0 unspecified atom stereocenters. The van der Waals surface area contributed by atoms with Gasteiger partial charge < -0.3 is 15.4 Å². The van der Waals surface area contributed by atoms with Crippen LogP contribution in [0.5, 0.6) is 5.75 Å². The Balaban J connectivity index is 1.58. The van der Waals surface area contributed by atoms with Gasteiger partial charge in [0, 0.05) is 12.4 Å². The van der Waals surface area contributed by atoms with Crippen molar-refractivity contribution in [2.24, 2.45) is 0 Å². The lowest BCUT2D eigenvalue weighted by atomic mass is 10.2. The van der Waals surface area contributed by atoms with E-state index in [0.717, 1.165) is 0 Å². The molecule has 3 aromatic heterocycles. The van der Waals surface area contributed by atoms with Gasteiger partial charge in [0.05, 0.1) is 29.7 Å². The molecule has 3 aromatic rings. The zero-order chi connectivity index (χ0) is 16.4. The minimum atomic E-state index is -0.293. The predicted molar refractivity (Wildman–Crippen MR) is 88.0 cm³/mol. The average molecular weight is 322 g/mol. The van der Waals surface area contributed by atoms with Crippen LogP contribution in [0.1, 0.15) is 10.4 Å². The number of fused-ring (bicyclic) bond motifs is 1. The van der Waals surface area contributed by atoms with Crippen LogP contribution in [-0.2, 0) is 0 Å². The molecule has 0 saturated heterocycles. The van der Waals surface area contributed by atoms with Gasteiger partial charge in [-0.3, -0.25) is 14.9 Å². The highest BCUT2D eigenvalue weighted by atomic mass is 16.5. The number of amides is 1. The van der Waals surface area contributed by atoms with E-state index < -0.39 is 0 Å². The molecule has 0 aromatic carbocycles. The van der Waals surface area contributed by atoms with Gasteiger partial charge in [0.1, 0.15) is 12.3 Å². The maximum absolute atomic E-state index is 12.5. The number of nitrogens with one attached hydrogen (secondary N) is 3. The molecule has 8 heteroatoms. The van der Waals surface area contributed by atoms with E-state index in [2.05, 4.69) is 30.8 Å². The van der Waals surface area contributed by atoms with Crippen molar-refractivity contribution in [1.82, 2.24) is 20.2 Å². The average Bonchev–Trinajstić information content (AvgIpc) is 3.10. The number of carbonyl (C=O) groups excluding carboxylic acids is 1. The van der Waals surface area contributed by atoms with Crippen molar-refractivity contribution >= 4 is 17.4 Å². The molecule has 4 heterocycles. The van der Waals surface area contributed by atoms with E-state index in [-0.39, 0.29) is 5.91 Å². The SMILES string of the molecule is O=C(Nc1cn[nH]c1-c1ccccn1)c1cnc2c(c1)OCCN2. The van der Waals surface area contributed by atoms with Gasteiger partial charge in [0.15, 0.2) is 11.6 Å². The van der Waals surface area contributed by atoms with E-state index in [4.69, 9.17) is 4.74 Å². The fraction of sp³-hybridized carbons (Fsp3) is 0.125.